The predicted octanol–water partition coefficient (Wildman–Crippen LogP) is 18.0. The number of hydrogen-bond acceptors (Lipinski definition) is 6. The molecule has 6 nitrogen and oxygen atoms in total. The molecule has 0 aliphatic carbocycles. The molecular weight excluding hydrogens is 793 g/mol. The molecule has 1 atom stereocenters. The van der Waals surface area contributed by atoms with Crippen LogP contribution in [0.4, 0.5) is 0 Å². The summed E-state index contributed by atoms with van der Waals surface area (Å²) >= 11 is 0. The molecule has 0 N–H and O–H groups in total. The predicted molar refractivity (Wildman–Crippen MR) is 275 cm³/mol. The van der Waals surface area contributed by atoms with Crippen molar-refractivity contribution >= 4 is 17.9 Å². The van der Waals surface area contributed by atoms with Crippen molar-refractivity contribution in [3.05, 3.63) is 60.8 Å². The Bertz CT molecular complexity index is 1170. The lowest BCUT2D eigenvalue weighted by atomic mass is 10.0. The van der Waals surface area contributed by atoms with Gasteiger partial charge < -0.3 is 14.2 Å². The molecule has 0 bridgehead atoms. The van der Waals surface area contributed by atoms with E-state index in [1.54, 1.807) is 0 Å². The Morgan fingerprint density at radius 2 is 0.562 bits per heavy atom. The van der Waals surface area contributed by atoms with Crippen LogP contribution in [0.5, 0.6) is 0 Å². The van der Waals surface area contributed by atoms with Gasteiger partial charge in [0, 0.05) is 19.3 Å². The van der Waals surface area contributed by atoms with Gasteiger partial charge in [-0.15, -0.1) is 0 Å². The summed E-state index contributed by atoms with van der Waals surface area (Å²) in [5, 5.41) is 0. The Hall–Kier alpha value is -2.89. The molecule has 0 aliphatic rings. The van der Waals surface area contributed by atoms with Gasteiger partial charge in [0.1, 0.15) is 13.2 Å². The zero-order chi connectivity index (χ0) is 46.5. The van der Waals surface area contributed by atoms with Crippen molar-refractivity contribution in [1.29, 1.82) is 0 Å². The van der Waals surface area contributed by atoms with Crippen molar-refractivity contribution in [2.75, 3.05) is 13.2 Å². The molecule has 0 spiro atoms. The van der Waals surface area contributed by atoms with Gasteiger partial charge in [0.25, 0.3) is 0 Å². The molecule has 0 aromatic heterocycles. The second kappa shape index (κ2) is 52.7. The molecule has 6 heteroatoms. The maximum absolute atomic E-state index is 12.8. The fourth-order valence-electron chi connectivity index (χ4n) is 7.60. The molecule has 0 amide bonds. The van der Waals surface area contributed by atoms with E-state index in [-0.39, 0.29) is 31.1 Å². The molecule has 0 saturated carbocycles. The largest absolute Gasteiger partial charge is 0.462 e. The lowest BCUT2D eigenvalue weighted by Crippen LogP contribution is -2.30. The highest BCUT2D eigenvalue weighted by Gasteiger charge is 2.19. The first-order valence-corrected chi connectivity index (χ1v) is 27.3. The number of ether oxygens (including phenoxy) is 3. The lowest BCUT2D eigenvalue weighted by molar-refractivity contribution is -0.167. The summed E-state index contributed by atoms with van der Waals surface area (Å²) in [5.41, 5.74) is 0. The monoisotopic (exact) mass is 895 g/mol. The summed E-state index contributed by atoms with van der Waals surface area (Å²) in [6, 6.07) is 0. The highest BCUT2D eigenvalue weighted by atomic mass is 16.6. The summed E-state index contributed by atoms with van der Waals surface area (Å²) in [6.45, 7) is 6.58. The molecule has 64 heavy (non-hydrogen) atoms. The van der Waals surface area contributed by atoms with E-state index >= 15 is 0 Å². The third-order valence-electron chi connectivity index (χ3n) is 11.7. The van der Waals surface area contributed by atoms with Crippen LogP contribution in [0.25, 0.3) is 0 Å². The highest BCUT2D eigenvalue weighted by Crippen LogP contribution is 2.15. The number of rotatable bonds is 49. The van der Waals surface area contributed by atoms with Gasteiger partial charge in [0.2, 0.25) is 0 Å². The number of unbranched alkanes of at least 4 members (excludes halogenated alkanes) is 28. The molecular formula is C58H102O6. The summed E-state index contributed by atoms with van der Waals surface area (Å²) < 4.78 is 16.8. The van der Waals surface area contributed by atoms with Crippen molar-refractivity contribution in [2.24, 2.45) is 0 Å². The zero-order valence-corrected chi connectivity index (χ0v) is 42.3. The van der Waals surface area contributed by atoms with Crippen LogP contribution in [-0.4, -0.2) is 37.2 Å². The molecule has 0 aliphatic heterocycles. The fourth-order valence-corrected chi connectivity index (χ4v) is 7.60. The minimum absolute atomic E-state index is 0.0869. The third-order valence-corrected chi connectivity index (χ3v) is 11.7. The summed E-state index contributed by atoms with van der Waals surface area (Å²) in [6.07, 6.45) is 64.9. The van der Waals surface area contributed by atoms with Gasteiger partial charge in [-0.3, -0.25) is 14.4 Å². The van der Waals surface area contributed by atoms with E-state index in [9.17, 15) is 14.4 Å². The van der Waals surface area contributed by atoms with Crippen LogP contribution >= 0.6 is 0 Å². The quantitative estimate of drug-likeness (QED) is 0.0262. The van der Waals surface area contributed by atoms with Crippen LogP contribution in [0.15, 0.2) is 60.8 Å². The zero-order valence-electron chi connectivity index (χ0n) is 42.3. The van der Waals surface area contributed by atoms with Crippen LogP contribution in [0.1, 0.15) is 271 Å². The van der Waals surface area contributed by atoms with Crippen molar-refractivity contribution in [2.45, 2.75) is 277 Å². The Kier molecular flexibility index (Phi) is 50.4. The topological polar surface area (TPSA) is 78.9 Å². The van der Waals surface area contributed by atoms with Crippen LogP contribution in [0.3, 0.4) is 0 Å². The minimum atomic E-state index is -0.788. The van der Waals surface area contributed by atoms with Gasteiger partial charge in [-0.05, 0) is 89.9 Å². The number of carbonyl (C=O) groups is 3. The maximum atomic E-state index is 12.8. The van der Waals surface area contributed by atoms with E-state index in [0.717, 1.165) is 89.9 Å². The molecule has 0 unspecified atom stereocenters. The van der Waals surface area contributed by atoms with Crippen molar-refractivity contribution in [3.8, 4) is 0 Å². The van der Waals surface area contributed by atoms with E-state index in [1.165, 1.54) is 141 Å². The number of esters is 3. The molecule has 0 aromatic carbocycles. The Balaban J connectivity index is 4.42. The molecule has 0 heterocycles. The average Bonchev–Trinajstić information content (AvgIpc) is 3.29. The number of hydrogen-bond donors (Lipinski definition) is 0. The molecule has 370 valence electrons. The standard InChI is InChI=1S/C58H102O6/c1-4-7-10-13-16-19-22-25-27-28-29-30-31-34-36-39-42-45-48-51-57(60)63-54-55(53-62-56(59)50-47-44-41-38-35-32-24-21-18-15-12-9-6-3)64-58(61)52-49-46-43-40-37-33-26-23-20-17-14-11-8-5-2/h16,19,21,24-25,27,29-30,34,36,55H,4-15,17-18,20,22-23,26,28,31-33,35,37-54H2,1-3H3/b19-16+,24-21+,27-25+,30-29+,36-34+/t55-/m1/s1. The summed E-state index contributed by atoms with van der Waals surface area (Å²) in [5.74, 6) is -0.918. The van der Waals surface area contributed by atoms with E-state index in [1.807, 2.05) is 0 Å². The molecule has 0 fully saturated rings. The van der Waals surface area contributed by atoms with Gasteiger partial charge in [-0.1, -0.05) is 223 Å². The minimum Gasteiger partial charge on any atom is -0.462 e. The van der Waals surface area contributed by atoms with E-state index < -0.39 is 6.10 Å². The first kappa shape index (κ1) is 61.1. The van der Waals surface area contributed by atoms with E-state index in [4.69, 9.17) is 14.2 Å². The van der Waals surface area contributed by atoms with Gasteiger partial charge in [0.05, 0.1) is 0 Å². The van der Waals surface area contributed by atoms with E-state index in [2.05, 4.69) is 81.5 Å². The first-order chi connectivity index (χ1) is 31.5. The van der Waals surface area contributed by atoms with Gasteiger partial charge in [0.15, 0.2) is 6.10 Å². The van der Waals surface area contributed by atoms with Crippen molar-refractivity contribution in [3.63, 3.8) is 0 Å². The summed E-state index contributed by atoms with van der Waals surface area (Å²) in [7, 11) is 0. The van der Waals surface area contributed by atoms with Crippen LogP contribution < -0.4 is 0 Å². The Labute approximate surface area is 396 Å². The van der Waals surface area contributed by atoms with Gasteiger partial charge >= 0.3 is 17.9 Å². The van der Waals surface area contributed by atoms with E-state index in [0.29, 0.717) is 19.3 Å². The van der Waals surface area contributed by atoms with Crippen LogP contribution in [-0.2, 0) is 28.6 Å². The second-order valence-corrected chi connectivity index (χ2v) is 18.1. The normalized spacial score (nSPS) is 12.5. The third kappa shape index (κ3) is 50.1. The average molecular weight is 895 g/mol. The van der Waals surface area contributed by atoms with Crippen molar-refractivity contribution < 1.29 is 28.6 Å². The smallest absolute Gasteiger partial charge is 0.306 e. The molecule has 0 rings (SSSR count). The van der Waals surface area contributed by atoms with Crippen molar-refractivity contribution in [1.82, 2.24) is 0 Å². The second-order valence-electron chi connectivity index (χ2n) is 18.1. The Morgan fingerprint density at radius 1 is 0.312 bits per heavy atom. The van der Waals surface area contributed by atoms with Crippen LogP contribution in [0, 0.1) is 0 Å². The SMILES string of the molecule is CCCCC/C=C/C/C=C/C/C=C/C/C=C/CCCCCC(=O)OC[C@@H](COC(=O)CCCCCCC/C=C/CCCCCC)OC(=O)CCCCCCCCCCCCCCCC. The fraction of sp³-hybridized carbons (Fsp3) is 0.776. The summed E-state index contributed by atoms with van der Waals surface area (Å²) in [4.78, 5) is 38.0. The van der Waals surface area contributed by atoms with Gasteiger partial charge in [-0.2, -0.15) is 0 Å². The number of carbonyl (C=O) groups excluding carboxylic acids is 3. The number of allylic oxidation sites excluding steroid dienone is 10. The lowest BCUT2D eigenvalue weighted by Gasteiger charge is -2.18. The molecule has 0 aromatic rings. The molecule has 0 saturated heterocycles. The highest BCUT2D eigenvalue weighted by molar-refractivity contribution is 5.71. The molecule has 0 radical (unpaired) electrons. The first-order valence-electron chi connectivity index (χ1n) is 27.3. The van der Waals surface area contributed by atoms with Crippen LogP contribution in [0.2, 0.25) is 0 Å². The maximum Gasteiger partial charge on any atom is 0.306 e. The van der Waals surface area contributed by atoms with Gasteiger partial charge in [-0.25, -0.2) is 0 Å². The Morgan fingerprint density at radius 3 is 0.953 bits per heavy atom.